The molecule has 1 aromatic heterocycles. The molecule has 2 aromatic carbocycles. The predicted molar refractivity (Wildman–Crippen MR) is 91.4 cm³/mol. The maximum atomic E-state index is 12.2. The van der Waals surface area contributed by atoms with Crippen LogP contribution in [-0.2, 0) is 0 Å². The van der Waals surface area contributed by atoms with Crippen LogP contribution >= 0.6 is 11.3 Å². The van der Waals surface area contributed by atoms with E-state index in [4.69, 9.17) is 0 Å². The Morgan fingerprint density at radius 1 is 0.955 bits per heavy atom. The number of nitrogens with one attached hydrogen (secondary N) is 1. The van der Waals surface area contributed by atoms with Crippen molar-refractivity contribution in [3.63, 3.8) is 0 Å². The van der Waals surface area contributed by atoms with E-state index in [1.54, 1.807) is 0 Å². The third kappa shape index (κ3) is 3.07. The van der Waals surface area contributed by atoms with Crippen molar-refractivity contribution in [2.24, 2.45) is 0 Å². The molecule has 0 spiro atoms. The third-order valence-corrected chi connectivity index (χ3v) is 4.49. The summed E-state index contributed by atoms with van der Waals surface area (Å²) in [6, 6.07) is 17.7. The zero-order valence-corrected chi connectivity index (χ0v) is 13.3. The summed E-state index contributed by atoms with van der Waals surface area (Å²) in [5, 5.41) is 3.49. The molecule has 0 radical (unpaired) electrons. The molecule has 22 heavy (non-hydrogen) atoms. The molecule has 1 amide bonds. The van der Waals surface area contributed by atoms with Crippen LogP contribution in [0.25, 0.3) is 11.1 Å². The molecule has 0 unspecified atom stereocenters. The Balaban J connectivity index is 1.76. The van der Waals surface area contributed by atoms with E-state index in [-0.39, 0.29) is 5.91 Å². The van der Waals surface area contributed by atoms with E-state index in [9.17, 15) is 4.79 Å². The number of hydrogen-bond acceptors (Lipinski definition) is 3. The Bertz CT molecular complexity index is 772. The number of rotatable bonds is 3. The van der Waals surface area contributed by atoms with Crippen LogP contribution in [0.5, 0.6) is 0 Å². The van der Waals surface area contributed by atoms with Gasteiger partial charge >= 0.3 is 0 Å². The smallest absolute Gasteiger partial charge is 0.257 e. The second-order valence-electron chi connectivity index (χ2n) is 5.06. The fraction of sp³-hybridized carbons (Fsp3) is 0.111. The summed E-state index contributed by atoms with van der Waals surface area (Å²) in [6.07, 6.45) is 0. The monoisotopic (exact) mass is 308 g/mol. The molecule has 3 nitrogen and oxygen atoms in total. The van der Waals surface area contributed by atoms with Crippen molar-refractivity contribution in [3.05, 3.63) is 70.7 Å². The second-order valence-corrected chi connectivity index (χ2v) is 6.26. The van der Waals surface area contributed by atoms with E-state index in [0.717, 1.165) is 21.7 Å². The number of amides is 1. The van der Waals surface area contributed by atoms with Gasteiger partial charge in [0, 0.05) is 10.4 Å². The zero-order valence-electron chi connectivity index (χ0n) is 12.5. The number of thiazole rings is 1. The van der Waals surface area contributed by atoms with Crippen LogP contribution in [0.15, 0.2) is 54.6 Å². The number of aromatic nitrogens is 1. The lowest BCUT2D eigenvalue weighted by Gasteiger charge is -2.04. The molecule has 1 heterocycles. The van der Waals surface area contributed by atoms with Gasteiger partial charge in [0.05, 0.1) is 5.69 Å². The maximum absolute atomic E-state index is 12.2. The number of anilines is 1. The molecule has 0 aliphatic heterocycles. The summed E-state index contributed by atoms with van der Waals surface area (Å²) in [5.74, 6) is -0.131. The Kier molecular flexibility index (Phi) is 4.02. The highest BCUT2D eigenvalue weighted by Gasteiger charge is 2.10. The van der Waals surface area contributed by atoms with E-state index < -0.39 is 0 Å². The molecule has 3 rings (SSSR count). The first-order valence-corrected chi connectivity index (χ1v) is 7.86. The van der Waals surface area contributed by atoms with Gasteiger partial charge < -0.3 is 0 Å². The van der Waals surface area contributed by atoms with E-state index in [0.29, 0.717) is 10.7 Å². The van der Waals surface area contributed by atoms with Gasteiger partial charge in [0.25, 0.3) is 5.91 Å². The molecule has 1 N–H and O–H groups in total. The fourth-order valence-electron chi connectivity index (χ4n) is 2.14. The maximum Gasteiger partial charge on any atom is 0.257 e. The van der Waals surface area contributed by atoms with Gasteiger partial charge in [-0.15, -0.1) is 11.3 Å². The van der Waals surface area contributed by atoms with Crippen LogP contribution in [0.1, 0.15) is 20.9 Å². The molecule has 4 heteroatoms. The number of nitrogens with zero attached hydrogens (tertiary/aromatic N) is 1. The third-order valence-electron chi connectivity index (χ3n) is 3.50. The predicted octanol–water partition coefficient (Wildman–Crippen LogP) is 4.68. The molecule has 0 aliphatic rings. The quantitative estimate of drug-likeness (QED) is 0.763. The molecular weight excluding hydrogens is 292 g/mol. The van der Waals surface area contributed by atoms with E-state index in [1.165, 1.54) is 11.3 Å². The summed E-state index contributed by atoms with van der Waals surface area (Å²) < 4.78 is 0. The average molecular weight is 308 g/mol. The van der Waals surface area contributed by atoms with Crippen molar-refractivity contribution in [1.82, 2.24) is 4.98 Å². The van der Waals surface area contributed by atoms with Crippen molar-refractivity contribution in [2.75, 3.05) is 5.32 Å². The van der Waals surface area contributed by atoms with Crippen molar-refractivity contribution >= 4 is 22.4 Å². The Morgan fingerprint density at radius 2 is 1.59 bits per heavy atom. The van der Waals surface area contributed by atoms with Gasteiger partial charge in [-0.2, -0.15) is 0 Å². The van der Waals surface area contributed by atoms with Crippen molar-refractivity contribution < 1.29 is 4.79 Å². The van der Waals surface area contributed by atoms with Crippen LogP contribution in [0.3, 0.4) is 0 Å². The van der Waals surface area contributed by atoms with Crippen molar-refractivity contribution in [2.45, 2.75) is 13.8 Å². The van der Waals surface area contributed by atoms with Crippen LogP contribution < -0.4 is 5.32 Å². The van der Waals surface area contributed by atoms with Gasteiger partial charge in [-0.3, -0.25) is 10.1 Å². The topological polar surface area (TPSA) is 42.0 Å². The van der Waals surface area contributed by atoms with Gasteiger partial charge in [0.15, 0.2) is 5.13 Å². The second kappa shape index (κ2) is 6.12. The van der Waals surface area contributed by atoms with Crippen molar-refractivity contribution in [3.8, 4) is 11.1 Å². The minimum Gasteiger partial charge on any atom is -0.298 e. The molecule has 0 aliphatic carbocycles. The van der Waals surface area contributed by atoms with Gasteiger partial charge in [-0.1, -0.05) is 42.5 Å². The first-order chi connectivity index (χ1) is 10.6. The first kappa shape index (κ1) is 14.5. The van der Waals surface area contributed by atoms with Crippen LogP contribution in [0, 0.1) is 13.8 Å². The highest BCUT2D eigenvalue weighted by Crippen LogP contribution is 2.23. The SMILES string of the molecule is Cc1nc(NC(=O)c2ccc(-c3ccccc3)cc2)sc1C. The van der Waals surface area contributed by atoms with Gasteiger partial charge in [-0.05, 0) is 37.1 Å². The van der Waals surface area contributed by atoms with Crippen molar-refractivity contribution in [1.29, 1.82) is 0 Å². The summed E-state index contributed by atoms with van der Waals surface area (Å²) in [5.41, 5.74) is 3.82. The van der Waals surface area contributed by atoms with Crippen LogP contribution in [0.2, 0.25) is 0 Å². The lowest BCUT2D eigenvalue weighted by Crippen LogP contribution is -2.11. The highest BCUT2D eigenvalue weighted by molar-refractivity contribution is 7.15. The average Bonchev–Trinajstić information content (AvgIpc) is 2.86. The van der Waals surface area contributed by atoms with Gasteiger partial charge in [0.1, 0.15) is 0 Å². The number of aryl methyl sites for hydroxylation is 2. The van der Waals surface area contributed by atoms with Crippen LogP contribution in [0.4, 0.5) is 5.13 Å². The van der Waals surface area contributed by atoms with E-state index >= 15 is 0 Å². The van der Waals surface area contributed by atoms with E-state index in [2.05, 4.69) is 22.4 Å². The molecule has 3 aromatic rings. The number of carbonyl (C=O) groups excluding carboxylic acids is 1. The summed E-state index contributed by atoms with van der Waals surface area (Å²) >= 11 is 1.49. The molecule has 0 saturated carbocycles. The summed E-state index contributed by atoms with van der Waals surface area (Å²) in [7, 11) is 0. The number of carbonyl (C=O) groups is 1. The normalized spacial score (nSPS) is 10.5. The molecule has 0 bridgehead atoms. The summed E-state index contributed by atoms with van der Waals surface area (Å²) in [4.78, 5) is 17.7. The minimum atomic E-state index is -0.131. The Morgan fingerprint density at radius 3 is 2.18 bits per heavy atom. The number of hydrogen-bond donors (Lipinski definition) is 1. The minimum absolute atomic E-state index is 0.131. The van der Waals surface area contributed by atoms with Gasteiger partial charge in [0.2, 0.25) is 0 Å². The lowest BCUT2D eigenvalue weighted by atomic mass is 10.0. The molecule has 0 saturated heterocycles. The molecular formula is C18H16N2OS. The van der Waals surface area contributed by atoms with E-state index in [1.807, 2.05) is 56.3 Å². The Hall–Kier alpha value is -2.46. The lowest BCUT2D eigenvalue weighted by molar-refractivity contribution is 0.102. The standard InChI is InChI=1S/C18H16N2OS/c1-12-13(2)22-18(19-12)20-17(21)16-10-8-15(9-11-16)14-6-4-3-5-7-14/h3-11H,1-2H3,(H,19,20,21). The summed E-state index contributed by atoms with van der Waals surface area (Å²) in [6.45, 7) is 3.94. The first-order valence-electron chi connectivity index (χ1n) is 7.04. The molecule has 0 fully saturated rings. The molecule has 0 atom stereocenters. The van der Waals surface area contributed by atoms with Crippen LogP contribution in [-0.4, -0.2) is 10.9 Å². The largest absolute Gasteiger partial charge is 0.298 e. The fourth-order valence-corrected chi connectivity index (χ4v) is 2.95. The van der Waals surface area contributed by atoms with Gasteiger partial charge in [-0.25, -0.2) is 4.98 Å². The highest BCUT2D eigenvalue weighted by atomic mass is 32.1. The zero-order chi connectivity index (χ0) is 15.5. The Labute approximate surface area is 133 Å². The number of benzene rings is 2. The molecule has 110 valence electrons.